The number of nitrogens with one attached hydrogen (secondary N) is 1. The van der Waals surface area contributed by atoms with E-state index in [1.807, 2.05) is 12.1 Å². The Morgan fingerprint density at radius 2 is 2.20 bits per heavy atom. The maximum atomic E-state index is 12.8. The second kappa shape index (κ2) is 6.17. The topological polar surface area (TPSA) is 99.0 Å². The van der Waals surface area contributed by atoms with Crippen molar-refractivity contribution in [2.75, 3.05) is 6.61 Å². The predicted octanol–water partition coefficient (Wildman–Crippen LogP) is 1.17. The average Bonchev–Trinajstić information content (AvgIpc) is 3.22. The molecule has 25 heavy (non-hydrogen) atoms. The van der Waals surface area contributed by atoms with Crippen LogP contribution in [0, 0.1) is 0 Å². The average molecular weight is 359 g/mol. The minimum Gasteiger partial charge on any atom is -0.372 e. The molecule has 0 spiro atoms. The zero-order chi connectivity index (χ0) is 17.4. The number of aromatic nitrogens is 4. The van der Waals surface area contributed by atoms with Crippen molar-refractivity contribution in [1.29, 1.82) is 0 Å². The molecule has 4 heterocycles. The molecule has 0 unspecified atom stereocenters. The van der Waals surface area contributed by atoms with Crippen LogP contribution in [-0.4, -0.2) is 40.8 Å². The Kier molecular flexibility index (Phi) is 3.98. The van der Waals surface area contributed by atoms with Gasteiger partial charge in [-0.15, -0.1) is 0 Å². The van der Waals surface area contributed by atoms with Crippen LogP contribution in [0.2, 0.25) is 0 Å². The van der Waals surface area contributed by atoms with Gasteiger partial charge in [0, 0.05) is 43.2 Å². The van der Waals surface area contributed by atoms with Crippen molar-refractivity contribution in [3.8, 4) is 0 Å². The van der Waals surface area contributed by atoms with Gasteiger partial charge in [0.25, 0.3) is 0 Å². The molecule has 0 saturated carbocycles. The minimum absolute atomic E-state index is 0.116. The molecule has 130 valence electrons. The molecule has 3 aromatic rings. The predicted molar refractivity (Wildman–Crippen MR) is 90.2 cm³/mol. The van der Waals surface area contributed by atoms with Gasteiger partial charge in [0.2, 0.25) is 10.0 Å². The van der Waals surface area contributed by atoms with Crippen LogP contribution in [0.3, 0.4) is 0 Å². The number of hydrogen-bond donors (Lipinski definition) is 1. The van der Waals surface area contributed by atoms with Crippen molar-refractivity contribution in [2.24, 2.45) is 7.05 Å². The molecule has 1 saturated heterocycles. The van der Waals surface area contributed by atoms with Gasteiger partial charge in [0.15, 0.2) is 5.65 Å². The van der Waals surface area contributed by atoms with Crippen molar-refractivity contribution >= 4 is 21.1 Å². The van der Waals surface area contributed by atoms with Crippen LogP contribution in [0.4, 0.5) is 0 Å². The normalized spacial score (nSPS) is 21.0. The van der Waals surface area contributed by atoms with Gasteiger partial charge < -0.3 is 4.74 Å². The highest BCUT2D eigenvalue weighted by Gasteiger charge is 2.33. The third-order valence-corrected chi connectivity index (χ3v) is 5.72. The molecule has 1 N–H and O–H groups in total. The minimum atomic E-state index is -3.72. The van der Waals surface area contributed by atoms with E-state index in [1.165, 1.54) is 6.20 Å². The molecular formula is C16H17N5O3S. The molecule has 8 nitrogen and oxygen atoms in total. The zero-order valence-corrected chi connectivity index (χ0v) is 14.3. The standard InChI is InChI=1S/C16H17N5O3S/c1-21-16-12(9-19-21)7-13(10-18-16)25(22,23)20-14-4-6-24-15(14)11-3-2-5-17-8-11/h2-3,5,7-10,14-15,20H,4,6H2,1H3/t14-,15+/m0/s1. The highest BCUT2D eigenvalue weighted by atomic mass is 32.2. The van der Waals surface area contributed by atoms with Crippen LogP contribution in [0.15, 0.2) is 47.9 Å². The molecule has 0 aliphatic carbocycles. The Morgan fingerprint density at radius 1 is 1.32 bits per heavy atom. The molecule has 0 radical (unpaired) electrons. The van der Waals surface area contributed by atoms with Crippen LogP contribution in [0.5, 0.6) is 0 Å². The van der Waals surface area contributed by atoms with Gasteiger partial charge in [-0.25, -0.2) is 18.1 Å². The summed E-state index contributed by atoms with van der Waals surface area (Å²) in [6, 6.07) is 4.92. The van der Waals surface area contributed by atoms with Gasteiger partial charge in [-0.3, -0.25) is 9.67 Å². The smallest absolute Gasteiger partial charge is 0.242 e. The van der Waals surface area contributed by atoms with Crippen molar-refractivity contribution in [3.05, 3.63) is 48.5 Å². The third kappa shape index (κ3) is 3.01. The lowest BCUT2D eigenvalue weighted by molar-refractivity contribution is 0.102. The Morgan fingerprint density at radius 3 is 3.00 bits per heavy atom. The van der Waals surface area contributed by atoms with Crippen molar-refractivity contribution in [1.82, 2.24) is 24.5 Å². The highest BCUT2D eigenvalue weighted by Crippen LogP contribution is 2.30. The maximum absolute atomic E-state index is 12.8. The summed E-state index contributed by atoms with van der Waals surface area (Å²) < 4.78 is 35.6. The fourth-order valence-corrected chi connectivity index (χ4v) is 4.27. The summed E-state index contributed by atoms with van der Waals surface area (Å²) in [4.78, 5) is 8.39. The van der Waals surface area contributed by atoms with E-state index in [0.29, 0.717) is 24.1 Å². The quantitative estimate of drug-likeness (QED) is 0.751. The Hall–Kier alpha value is -2.36. The summed E-state index contributed by atoms with van der Waals surface area (Å²) in [7, 11) is -1.96. The summed E-state index contributed by atoms with van der Waals surface area (Å²) in [5, 5.41) is 4.76. The number of ether oxygens (including phenoxy) is 1. The van der Waals surface area contributed by atoms with E-state index in [-0.39, 0.29) is 17.0 Å². The van der Waals surface area contributed by atoms with E-state index in [9.17, 15) is 8.42 Å². The SMILES string of the molecule is Cn1ncc2cc(S(=O)(=O)N[C@H]3CCO[C@@H]3c3cccnc3)cnc21. The van der Waals surface area contributed by atoms with E-state index in [0.717, 1.165) is 5.56 Å². The molecule has 0 amide bonds. The first kappa shape index (κ1) is 16.1. The number of nitrogens with zero attached hydrogens (tertiary/aromatic N) is 4. The summed E-state index contributed by atoms with van der Waals surface area (Å²) in [6.45, 7) is 0.493. The zero-order valence-electron chi connectivity index (χ0n) is 13.5. The molecule has 4 rings (SSSR count). The monoisotopic (exact) mass is 359 g/mol. The van der Waals surface area contributed by atoms with Gasteiger partial charge >= 0.3 is 0 Å². The van der Waals surface area contributed by atoms with E-state index < -0.39 is 10.0 Å². The molecule has 0 bridgehead atoms. The number of rotatable bonds is 4. The Balaban J connectivity index is 1.61. The lowest BCUT2D eigenvalue weighted by Gasteiger charge is -2.19. The van der Waals surface area contributed by atoms with Crippen LogP contribution in [-0.2, 0) is 21.8 Å². The van der Waals surface area contributed by atoms with Gasteiger partial charge in [0.1, 0.15) is 11.0 Å². The van der Waals surface area contributed by atoms with E-state index in [2.05, 4.69) is 19.8 Å². The summed E-state index contributed by atoms with van der Waals surface area (Å²) in [5.41, 5.74) is 1.49. The first-order valence-electron chi connectivity index (χ1n) is 7.86. The third-order valence-electron chi connectivity index (χ3n) is 4.27. The number of hydrogen-bond acceptors (Lipinski definition) is 6. The van der Waals surface area contributed by atoms with E-state index in [4.69, 9.17) is 4.74 Å². The highest BCUT2D eigenvalue weighted by molar-refractivity contribution is 7.89. The number of aryl methyl sites for hydroxylation is 1. The Bertz CT molecular complexity index is 1000. The van der Waals surface area contributed by atoms with Crippen LogP contribution < -0.4 is 4.72 Å². The lowest BCUT2D eigenvalue weighted by Crippen LogP contribution is -2.36. The first-order chi connectivity index (χ1) is 12.0. The molecule has 0 aromatic carbocycles. The molecule has 9 heteroatoms. The van der Waals surface area contributed by atoms with Crippen LogP contribution >= 0.6 is 0 Å². The number of pyridine rings is 2. The van der Waals surface area contributed by atoms with Crippen LogP contribution in [0.1, 0.15) is 18.1 Å². The number of fused-ring (bicyclic) bond motifs is 1. The molecule has 3 aromatic heterocycles. The number of sulfonamides is 1. The first-order valence-corrected chi connectivity index (χ1v) is 9.34. The summed E-state index contributed by atoms with van der Waals surface area (Å²) in [5.74, 6) is 0. The van der Waals surface area contributed by atoms with Gasteiger partial charge in [-0.1, -0.05) is 6.07 Å². The Labute approximate surface area is 144 Å². The summed E-state index contributed by atoms with van der Waals surface area (Å²) >= 11 is 0. The maximum Gasteiger partial charge on any atom is 0.242 e. The second-order valence-corrected chi connectivity index (χ2v) is 7.66. The van der Waals surface area contributed by atoms with Gasteiger partial charge in [-0.05, 0) is 18.6 Å². The van der Waals surface area contributed by atoms with E-state index in [1.54, 1.807) is 36.4 Å². The fraction of sp³-hybridized carbons (Fsp3) is 0.312. The van der Waals surface area contributed by atoms with Crippen molar-refractivity contribution in [3.63, 3.8) is 0 Å². The largest absolute Gasteiger partial charge is 0.372 e. The van der Waals surface area contributed by atoms with Crippen LogP contribution in [0.25, 0.3) is 11.0 Å². The van der Waals surface area contributed by atoms with Gasteiger partial charge in [0.05, 0.1) is 12.2 Å². The van der Waals surface area contributed by atoms with Crippen molar-refractivity contribution in [2.45, 2.75) is 23.5 Å². The molecule has 1 aliphatic rings. The molecule has 2 atom stereocenters. The molecule has 1 fully saturated rings. The second-order valence-electron chi connectivity index (χ2n) is 5.95. The van der Waals surface area contributed by atoms with Crippen molar-refractivity contribution < 1.29 is 13.2 Å². The lowest BCUT2D eigenvalue weighted by atomic mass is 10.1. The van der Waals surface area contributed by atoms with Gasteiger partial charge in [-0.2, -0.15) is 5.10 Å². The molecule has 1 aliphatic heterocycles. The molecular weight excluding hydrogens is 342 g/mol. The van der Waals surface area contributed by atoms with E-state index >= 15 is 0 Å². The fourth-order valence-electron chi connectivity index (χ4n) is 3.02. The summed E-state index contributed by atoms with van der Waals surface area (Å²) in [6.07, 6.45) is 6.56.